The van der Waals surface area contributed by atoms with Crippen LogP contribution in [0.2, 0.25) is 0 Å². The molecule has 0 unspecified atom stereocenters. The van der Waals surface area contributed by atoms with Crippen molar-refractivity contribution in [3.63, 3.8) is 0 Å². The molecule has 0 radical (unpaired) electrons. The first-order valence-electron chi connectivity index (χ1n) is 5.87. The summed E-state index contributed by atoms with van der Waals surface area (Å²) in [4.78, 5) is 11.5. The zero-order valence-electron chi connectivity index (χ0n) is 9.94. The molecule has 1 saturated carbocycles. The van der Waals surface area contributed by atoms with Gasteiger partial charge in [-0.1, -0.05) is 30.3 Å². The summed E-state index contributed by atoms with van der Waals surface area (Å²) in [6.07, 6.45) is 1.31. The third-order valence-corrected chi connectivity index (χ3v) is 2.67. The van der Waals surface area contributed by atoms with E-state index in [1.807, 2.05) is 37.3 Å². The fourth-order valence-corrected chi connectivity index (χ4v) is 1.64. The molecule has 0 aromatic heterocycles. The van der Waals surface area contributed by atoms with E-state index in [1.165, 1.54) is 0 Å². The van der Waals surface area contributed by atoms with Crippen LogP contribution in [0, 0.1) is 0 Å². The van der Waals surface area contributed by atoms with Gasteiger partial charge in [0, 0.05) is 6.61 Å². The Hall–Kier alpha value is -1.55. The summed E-state index contributed by atoms with van der Waals surface area (Å²) < 4.78 is 10.6. The first kappa shape index (κ1) is 11.9. The maximum absolute atomic E-state index is 11.5. The maximum Gasteiger partial charge on any atom is 0.409 e. The van der Waals surface area contributed by atoms with Crippen molar-refractivity contribution >= 4 is 6.09 Å². The molecule has 4 heteroatoms. The number of ether oxygens (including phenoxy) is 2. The second kappa shape index (κ2) is 5.19. The van der Waals surface area contributed by atoms with Gasteiger partial charge in [-0.25, -0.2) is 4.79 Å². The van der Waals surface area contributed by atoms with Crippen LogP contribution in [-0.4, -0.2) is 18.4 Å². The second-order valence-electron chi connectivity index (χ2n) is 4.11. The lowest BCUT2D eigenvalue weighted by atomic mass is 10.2. The number of hydrogen-bond acceptors (Lipinski definition) is 3. The zero-order valence-corrected chi connectivity index (χ0v) is 9.94. The first-order valence-corrected chi connectivity index (χ1v) is 5.87. The van der Waals surface area contributed by atoms with Crippen molar-refractivity contribution in [3.05, 3.63) is 35.9 Å². The van der Waals surface area contributed by atoms with Gasteiger partial charge in [0.25, 0.3) is 0 Å². The summed E-state index contributed by atoms with van der Waals surface area (Å²) in [6.45, 7) is 2.80. The Labute approximate surface area is 101 Å². The lowest BCUT2D eigenvalue weighted by molar-refractivity contribution is 0.0129. The van der Waals surface area contributed by atoms with Gasteiger partial charge in [0.1, 0.15) is 12.3 Å². The van der Waals surface area contributed by atoms with Crippen LogP contribution in [-0.2, 0) is 16.1 Å². The molecule has 0 spiro atoms. The van der Waals surface area contributed by atoms with E-state index in [1.54, 1.807) is 0 Å². The smallest absolute Gasteiger partial charge is 0.409 e. The quantitative estimate of drug-likeness (QED) is 0.797. The number of benzene rings is 1. The monoisotopic (exact) mass is 235 g/mol. The molecule has 1 aliphatic rings. The number of amides is 1. The maximum atomic E-state index is 11.5. The highest BCUT2D eigenvalue weighted by Gasteiger charge is 2.45. The highest BCUT2D eigenvalue weighted by molar-refractivity contribution is 5.68. The minimum Gasteiger partial charge on any atom is -0.445 e. The number of hydrogen-bond donors (Lipinski definition) is 1. The molecule has 1 N–H and O–H groups in total. The molecule has 17 heavy (non-hydrogen) atoms. The third-order valence-electron chi connectivity index (χ3n) is 2.67. The molecule has 1 fully saturated rings. The molecule has 0 atom stereocenters. The van der Waals surface area contributed by atoms with Gasteiger partial charge in [-0.2, -0.15) is 0 Å². The van der Waals surface area contributed by atoms with E-state index >= 15 is 0 Å². The van der Waals surface area contributed by atoms with E-state index in [0.717, 1.165) is 18.4 Å². The number of alkyl carbamates (subject to hydrolysis) is 1. The number of rotatable bonds is 5. The van der Waals surface area contributed by atoms with E-state index in [0.29, 0.717) is 6.61 Å². The number of nitrogens with one attached hydrogen (secondary N) is 1. The van der Waals surface area contributed by atoms with Crippen molar-refractivity contribution in [1.82, 2.24) is 5.32 Å². The third kappa shape index (κ3) is 3.46. The Morgan fingerprint density at radius 3 is 2.65 bits per heavy atom. The zero-order chi connectivity index (χ0) is 12.1. The van der Waals surface area contributed by atoms with Gasteiger partial charge in [-0.3, -0.25) is 5.32 Å². The summed E-state index contributed by atoms with van der Waals surface area (Å²) in [5.41, 5.74) is 0.520. The molecule has 0 aliphatic heterocycles. The van der Waals surface area contributed by atoms with E-state index in [2.05, 4.69) is 5.32 Å². The highest BCUT2D eigenvalue weighted by Crippen LogP contribution is 2.36. The highest BCUT2D eigenvalue weighted by atomic mass is 16.6. The van der Waals surface area contributed by atoms with E-state index in [9.17, 15) is 4.79 Å². The molecular weight excluding hydrogens is 218 g/mol. The van der Waals surface area contributed by atoms with Crippen LogP contribution in [0.4, 0.5) is 4.79 Å². The molecule has 0 heterocycles. The van der Waals surface area contributed by atoms with Crippen molar-refractivity contribution in [3.8, 4) is 0 Å². The van der Waals surface area contributed by atoms with E-state index < -0.39 is 11.8 Å². The van der Waals surface area contributed by atoms with Crippen molar-refractivity contribution in [1.29, 1.82) is 0 Å². The van der Waals surface area contributed by atoms with Crippen LogP contribution in [0.15, 0.2) is 30.3 Å². The summed E-state index contributed by atoms with van der Waals surface area (Å²) >= 11 is 0. The lowest BCUT2D eigenvalue weighted by Gasteiger charge is -2.16. The minimum absolute atomic E-state index is 0.287. The predicted molar refractivity (Wildman–Crippen MR) is 63.4 cm³/mol. The van der Waals surface area contributed by atoms with Crippen molar-refractivity contribution in [2.75, 3.05) is 6.61 Å². The molecule has 2 rings (SSSR count). The minimum atomic E-state index is -0.456. The molecule has 1 aliphatic carbocycles. The van der Waals surface area contributed by atoms with Crippen LogP contribution in [0.3, 0.4) is 0 Å². The van der Waals surface area contributed by atoms with Gasteiger partial charge in [-0.15, -0.1) is 0 Å². The SMILES string of the molecule is CCOC1(NC(=O)OCc2ccccc2)CC1. The Morgan fingerprint density at radius 1 is 1.35 bits per heavy atom. The Kier molecular flexibility index (Phi) is 3.64. The van der Waals surface area contributed by atoms with Gasteiger partial charge in [0.05, 0.1) is 0 Å². The normalized spacial score (nSPS) is 16.3. The Bertz CT molecular complexity index is 374. The summed E-state index contributed by atoms with van der Waals surface area (Å²) in [7, 11) is 0. The molecule has 1 amide bonds. The molecule has 1 aromatic rings. The molecule has 92 valence electrons. The average Bonchev–Trinajstić information content (AvgIpc) is 3.08. The van der Waals surface area contributed by atoms with E-state index in [-0.39, 0.29) is 6.61 Å². The summed E-state index contributed by atoms with van der Waals surface area (Å²) in [6, 6.07) is 9.60. The van der Waals surface area contributed by atoms with Crippen LogP contribution in [0.5, 0.6) is 0 Å². The molecule has 0 bridgehead atoms. The standard InChI is InChI=1S/C13H17NO3/c1-2-17-13(8-9-13)14-12(15)16-10-11-6-4-3-5-7-11/h3-7H,2,8-10H2,1H3,(H,14,15). The Balaban J connectivity index is 1.75. The van der Waals surface area contributed by atoms with Crippen LogP contribution in [0.25, 0.3) is 0 Å². The van der Waals surface area contributed by atoms with Crippen LogP contribution in [0.1, 0.15) is 25.3 Å². The summed E-state index contributed by atoms with van der Waals surface area (Å²) in [5, 5.41) is 2.76. The predicted octanol–water partition coefficient (Wildman–Crippen LogP) is 2.44. The largest absolute Gasteiger partial charge is 0.445 e. The van der Waals surface area contributed by atoms with Crippen molar-refractivity contribution in [2.24, 2.45) is 0 Å². The van der Waals surface area contributed by atoms with Crippen LogP contribution < -0.4 is 5.32 Å². The fraction of sp³-hybridized carbons (Fsp3) is 0.462. The van der Waals surface area contributed by atoms with Crippen molar-refractivity contribution in [2.45, 2.75) is 32.1 Å². The van der Waals surface area contributed by atoms with Gasteiger partial charge >= 0.3 is 6.09 Å². The van der Waals surface area contributed by atoms with Crippen molar-refractivity contribution < 1.29 is 14.3 Å². The molecular formula is C13H17NO3. The number of carbonyl (C=O) groups is 1. The average molecular weight is 235 g/mol. The van der Waals surface area contributed by atoms with Gasteiger partial charge in [0.15, 0.2) is 0 Å². The topological polar surface area (TPSA) is 47.6 Å². The first-order chi connectivity index (χ1) is 8.24. The van der Waals surface area contributed by atoms with Gasteiger partial charge in [-0.05, 0) is 25.3 Å². The molecule has 4 nitrogen and oxygen atoms in total. The molecule has 1 aromatic carbocycles. The van der Waals surface area contributed by atoms with Crippen LogP contribution >= 0.6 is 0 Å². The second-order valence-corrected chi connectivity index (χ2v) is 4.11. The number of carbonyl (C=O) groups excluding carboxylic acids is 1. The van der Waals surface area contributed by atoms with Gasteiger partial charge in [0.2, 0.25) is 0 Å². The Morgan fingerprint density at radius 2 is 2.06 bits per heavy atom. The van der Waals surface area contributed by atoms with E-state index in [4.69, 9.17) is 9.47 Å². The lowest BCUT2D eigenvalue weighted by Crippen LogP contribution is -2.39. The fourth-order valence-electron chi connectivity index (χ4n) is 1.64. The van der Waals surface area contributed by atoms with Gasteiger partial charge < -0.3 is 9.47 Å². The molecule has 0 saturated heterocycles. The summed E-state index contributed by atoms with van der Waals surface area (Å²) in [5.74, 6) is 0.